The Morgan fingerprint density at radius 1 is 1.29 bits per heavy atom. The van der Waals surface area contributed by atoms with Crippen LogP contribution in [0.15, 0.2) is 30.3 Å². The number of nitrogens with zero attached hydrogens (tertiary/aromatic N) is 2. The number of amides is 1. The monoisotopic (exact) mass is 288 g/mol. The summed E-state index contributed by atoms with van der Waals surface area (Å²) in [6, 6.07) is 10.5. The van der Waals surface area contributed by atoms with Crippen molar-refractivity contribution in [1.82, 2.24) is 4.90 Å². The average molecular weight is 288 g/mol. The molecule has 1 aliphatic rings. The molecule has 1 fully saturated rings. The minimum atomic E-state index is 0.207. The maximum atomic E-state index is 12.3. The number of carbonyl (C=O) groups excluding carboxylic acids is 1. The Bertz CT molecular complexity index is 438. The normalized spacial score (nSPS) is 18.4. The van der Waals surface area contributed by atoms with Crippen molar-refractivity contribution < 1.29 is 4.79 Å². The SMILES string of the molecule is CCC(=O)N(CC(C)N1CCC(C)CC1)c1ccccc1. The fraction of sp³-hybridized carbons (Fsp3) is 0.611. The Kier molecular flexibility index (Phi) is 5.80. The average Bonchev–Trinajstić information content (AvgIpc) is 2.53. The molecule has 1 aromatic carbocycles. The van der Waals surface area contributed by atoms with Gasteiger partial charge in [0.1, 0.15) is 0 Å². The van der Waals surface area contributed by atoms with Gasteiger partial charge in [-0.2, -0.15) is 0 Å². The number of piperidine rings is 1. The predicted molar refractivity (Wildman–Crippen MR) is 88.5 cm³/mol. The van der Waals surface area contributed by atoms with Gasteiger partial charge >= 0.3 is 0 Å². The highest BCUT2D eigenvalue weighted by molar-refractivity contribution is 5.93. The summed E-state index contributed by atoms with van der Waals surface area (Å²) in [7, 11) is 0. The number of likely N-dealkylation sites (tertiary alicyclic amines) is 1. The van der Waals surface area contributed by atoms with Crippen molar-refractivity contribution in [3.8, 4) is 0 Å². The Balaban J connectivity index is 2.03. The molecule has 0 aliphatic carbocycles. The van der Waals surface area contributed by atoms with E-state index in [2.05, 4.69) is 18.7 Å². The summed E-state index contributed by atoms with van der Waals surface area (Å²) in [5.41, 5.74) is 1.02. The predicted octanol–water partition coefficient (Wildman–Crippen LogP) is 3.55. The molecule has 0 spiro atoms. The van der Waals surface area contributed by atoms with Crippen molar-refractivity contribution in [3.63, 3.8) is 0 Å². The van der Waals surface area contributed by atoms with E-state index < -0.39 is 0 Å². The molecule has 1 aromatic rings. The highest BCUT2D eigenvalue weighted by atomic mass is 16.2. The Morgan fingerprint density at radius 3 is 2.48 bits per heavy atom. The van der Waals surface area contributed by atoms with Crippen LogP contribution in [0.2, 0.25) is 0 Å². The van der Waals surface area contributed by atoms with E-state index in [0.29, 0.717) is 12.5 Å². The van der Waals surface area contributed by atoms with Crippen molar-refractivity contribution in [2.24, 2.45) is 5.92 Å². The van der Waals surface area contributed by atoms with E-state index in [1.54, 1.807) is 0 Å². The van der Waals surface area contributed by atoms with Crippen molar-refractivity contribution >= 4 is 11.6 Å². The molecule has 21 heavy (non-hydrogen) atoms. The van der Waals surface area contributed by atoms with Gasteiger partial charge in [0.15, 0.2) is 0 Å². The van der Waals surface area contributed by atoms with Crippen molar-refractivity contribution in [2.75, 3.05) is 24.5 Å². The third-order valence-corrected chi connectivity index (χ3v) is 4.56. The molecule has 1 amide bonds. The van der Waals surface area contributed by atoms with E-state index in [0.717, 1.165) is 31.2 Å². The number of hydrogen-bond acceptors (Lipinski definition) is 2. The molecule has 0 N–H and O–H groups in total. The van der Waals surface area contributed by atoms with Crippen LogP contribution in [0.25, 0.3) is 0 Å². The summed E-state index contributed by atoms with van der Waals surface area (Å²) in [6.07, 6.45) is 3.10. The van der Waals surface area contributed by atoms with Crippen molar-refractivity contribution in [3.05, 3.63) is 30.3 Å². The van der Waals surface area contributed by atoms with Crippen LogP contribution in [0.4, 0.5) is 5.69 Å². The van der Waals surface area contributed by atoms with Gasteiger partial charge in [0.25, 0.3) is 0 Å². The van der Waals surface area contributed by atoms with Gasteiger partial charge < -0.3 is 4.90 Å². The van der Waals surface area contributed by atoms with E-state index in [1.807, 2.05) is 42.2 Å². The molecule has 0 bridgehead atoms. The molecule has 1 atom stereocenters. The highest BCUT2D eigenvalue weighted by Gasteiger charge is 2.24. The van der Waals surface area contributed by atoms with E-state index in [4.69, 9.17) is 0 Å². The van der Waals surface area contributed by atoms with E-state index in [1.165, 1.54) is 12.8 Å². The molecule has 0 saturated carbocycles. The van der Waals surface area contributed by atoms with Gasteiger partial charge in [0.05, 0.1) is 0 Å². The Hall–Kier alpha value is -1.35. The zero-order valence-electron chi connectivity index (χ0n) is 13.6. The van der Waals surface area contributed by atoms with Crippen LogP contribution in [-0.2, 0) is 4.79 Å². The maximum absolute atomic E-state index is 12.3. The second-order valence-electron chi connectivity index (χ2n) is 6.26. The summed E-state index contributed by atoms with van der Waals surface area (Å²) in [5.74, 6) is 1.05. The molecule has 116 valence electrons. The second kappa shape index (κ2) is 7.60. The molecule has 3 nitrogen and oxygen atoms in total. The van der Waals surface area contributed by atoms with Crippen LogP contribution in [0.5, 0.6) is 0 Å². The fourth-order valence-electron chi connectivity index (χ4n) is 3.00. The number of benzene rings is 1. The van der Waals surface area contributed by atoms with Gasteiger partial charge in [-0.05, 0) is 50.9 Å². The lowest BCUT2D eigenvalue weighted by Crippen LogP contribution is -2.47. The van der Waals surface area contributed by atoms with Crippen LogP contribution in [0.3, 0.4) is 0 Å². The molecule has 0 aromatic heterocycles. The lowest BCUT2D eigenvalue weighted by Gasteiger charge is -2.37. The third kappa shape index (κ3) is 4.31. The first-order chi connectivity index (χ1) is 10.1. The molecule has 1 unspecified atom stereocenters. The smallest absolute Gasteiger partial charge is 0.226 e. The Morgan fingerprint density at radius 2 is 1.90 bits per heavy atom. The summed E-state index contributed by atoms with van der Waals surface area (Å²) in [6.45, 7) is 9.61. The number of carbonyl (C=O) groups is 1. The third-order valence-electron chi connectivity index (χ3n) is 4.56. The van der Waals surface area contributed by atoms with Gasteiger partial charge in [0, 0.05) is 24.7 Å². The largest absolute Gasteiger partial charge is 0.311 e. The Labute approximate surface area is 128 Å². The van der Waals surface area contributed by atoms with Gasteiger partial charge in [-0.25, -0.2) is 0 Å². The van der Waals surface area contributed by atoms with Crippen LogP contribution in [0.1, 0.15) is 40.0 Å². The van der Waals surface area contributed by atoms with Crippen LogP contribution < -0.4 is 4.90 Å². The number of anilines is 1. The summed E-state index contributed by atoms with van der Waals surface area (Å²) in [4.78, 5) is 16.8. The quantitative estimate of drug-likeness (QED) is 0.827. The van der Waals surface area contributed by atoms with Crippen LogP contribution >= 0.6 is 0 Å². The molecule has 1 saturated heterocycles. The standard InChI is InChI=1S/C18H28N2O/c1-4-18(21)20(17-8-6-5-7-9-17)14-16(3)19-12-10-15(2)11-13-19/h5-9,15-16H,4,10-14H2,1-3H3. The minimum absolute atomic E-state index is 0.207. The second-order valence-corrected chi connectivity index (χ2v) is 6.26. The summed E-state index contributed by atoms with van der Waals surface area (Å²) in [5, 5.41) is 0. The van der Waals surface area contributed by atoms with Gasteiger partial charge in [0.2, 0.25) is 5.91 Å². The first kappa shape index (κ1) is 16.0. The fourth-order valence-corrected chi connectivity index (χ4v) is 3.00. The van der Waals surface area contributed by atoms with E-state index in [9.17, 15) is 4.79 Å². The van der Waals surface area contributed by atoms with Crippen molar-refractivity contribution in [2.45, 2.75) is 46.1 Å². The van der Waals surface area contributed by atoms with Gasteiger partial charge in [-0.1, -0.05) is 32.0 Å². The molecular formula is C18H28N2O. The molecular weight excluding hydrogens is 260 g/mol. The van der Waals surface area contributed by atoms with Gasteiger partial charge in [-0.15, -0.1) is 0 Å². The number of hydrogen-bond donors (Lipinski definition) is 0. The first-order valence-corrected chi connectivity index (χ1v) is 8.21. The lowest BCUT2D eigenvalue weighted by atomic mass is 9.98. The summed E-state index contributed by atoms with van der Waals surface area (Å²) >= 11 is 0. The summed E-state index contributed by atoms with van der Waals surface area (Å²) < 4.78 is 0. The van der Waals surface area contributed by atoms with Gasteiger partial charge in [-0.3, -0.25) is 9.69 Å². The number of rotatable bonds is 5. The molecule has 0 radical (unpaired) electrons. The molecule has 1 heterocycles. The topological polar surface area (TPSA) is 23.6 Å². The van der Waals surface area contributed by atoms with Crippen LogP contribution in [0, 0.1) is 5.92 Å². The zero-order chi connectivity index (χ0) is 15.2. The van der Waals surface area contributed by atoms with E-state index >= 15 is 0 Å². The van der Waals surface area contributed by atoms with E-state index in [-0.39, 0.29) is 5.91 Å². The number of para-hydroxylation sites is 1. The first-order valence-electron chi connectivity index (χ1n) is 8.21. The molecule has 2 rings (SSSR count). The lowest BCUT2D eigenvalue weighted by molar-refractivity contribution is -0.118. The molecule has 3 heteroatoms. The zero-order valence-corrected chi connectivity index (χ0v) is 13.6. The van der Waals surface area contributed by atoms with Crippen LogP contribution in [-0.4, -0.2) is 36.5 Å². The molecule has 1 aliphatic heterocycles. The highest BCUT2D eigenvalue weighted by Crippen LogP contribution is 2.21. The minimum Gasteiger partial charge on any atom is -0.311 e. The maximum Gasteiger partial charge on any atom is 0.226 e. The van der Waals surface area contributed by atoms with Crippen molar-refractivity contribution in [1.29, 1.82) is 0 Å².